The first-order chi connectivity index (χ1) is 7.54. The zero-order valence-corrected chi connectivity index (χ0v) is 10.3. The van der Waals surface area contributed by atoms with Crippen molar-refractivity contribution < 1.29 is 48.0 Å². The summed E-state index contributed by atoms with van der Waals surface area (Å²) < 4.78 is 29.0. The van der Waals surface area contributed by atoms with Crippen LogP contribution in [-0.2, 0) is 18.2 Å². The molecule has 0 aliphatic rings. The summed E-state index contributed by atoms with van der Waals surface area (Å²) in [4.78, 5) is 33.7. The third-order valence-corrected chi connectivity index (χ3v) is 2.68. The molecule has 0 aromatic rings. The van der Waals surface area contributed by atoms with Gasteiger partial charge in [0.1, 0.15) is 0 Å². The average molecular weight is 296 g/mol. The van der Waals surface area contributed by atoms with Gasteiger partial charge < -0.3 is 29.8 Å². The number of hydrogen-bond acceptors (Lipinski definition) is 6. The number of rotatable bonds is 8. The van der Waals surface area contributed by atoms with E-state index in [9.17, 15) is 9.13 Å². The van der Waals surface area contributed by atoms with Gasteiger partial charge >= 0.3 is 15.6 Å². The second-order valence-corrected chi connectivity index (χ2v) is 5.82. The molecule has 0 aromatic carbocycles. The Morgan fingerprint density at radius 2 is 1.12 bits per heavy atom. The molecule has 0 rings (SSSR count). The highest BCUT2D eigenvalue weighted by Crippen LogP contribution is 2.41. The zero-order valence-electron chi connectivity index (χ0n) is 8.54. The molecule has 0 bridgehead atoms. The summed E-state index contributed by atoms with van der Waals surface area (Å²) in [6.45, 7) is -3.35. The first-order valence-electron chi connectivity index (χ1n) is 4.15. The van der Waals surface area contributed by atoms with Gasteiger partial charge in [0.2, 0.25) is 0 Å². The maximum atomic E-state index is 10.4. The number of hydrogen-bond donors (Lipinski definition) is 6. The fourth-order valence-corrected chi connectivity index (χ4v) is 1.60. The van der Waals surface area contributed by atoms with Crippen LogP contribution in [0.1, 0.15) is 0 Å². The third kappa shape index (κ3) is 7.96. The number of phosphoric ester groups is 2. The van der Waals surface area contributed by atoms with Crippen molar-refractivity contribution in [3.8, 4) is 0 Å². The Bertz CT molecular complexity index is 285. The van der Waals surface area contributed by atoms with Gasteiger partial charge in [-0.3, -0.25) is 9.05 Å². The van der Waals surface area contributed by atoms with Crippen LogP contribution >= 0.6 is 15.6 Å². The maximum absolute atomic E-state index is 10.4. The molecule has 0 saturated heterocycles. The molecule has 0 saturated carbocycles. The van der Waals surface area contributed by atoms with Crippen molar-refractivity contribution in [3.63, 3.8) is 0 Å². The standard InChI is InChI=1S/C5H14O10P2/c6-1-5(2-7,3-14-16(8,9)10)4-15-17(11,12)13/h6-7H,1-4H2,(H2,8,9,10)(H2,11,12,13). The van der Waals surface area contributed by atoms with Crippen LogP contribution in [0.3, 0.4) is 0 Å². The van der Waals surface area contributed by atoms with Crippen LogP contribution in [0, 0.1) is 5.41 Å². The predicted octanol–water partition coefficient (Wildman–Crippen LogP) is -1.82. The van der Waals surface area contributed by atoms with Crippen LogP contribution in [-0.4, -0.2) is 56.2 Å². The average Bonchev–Trinajstić information content (AvgIpc) is 2.16. The molecular weight excluding hydrogens is 282 g/mol. The van der Waals surface area contributed by atoms with Crippen molar-refractivity contribution in [2.75, 3.05) is 26.4 Å². The predicted molar refractivity (Wildman–Crippen MR) is 52.6 cm³/mol. The van der Waals surface area contributed by atoms with E-state index in [1.807, 2.05) is 0 Å². The smallest absolute Gasteiger partial charge is 0.396 e. The third-order valence-electron chi connectivity index (χ3n) is 1.75. The normalized spacial score (nSPS) is 14.0. The van der Waals surface area contributed by atoms with E-state index in [0.29, 0.717) is 0 Å². The van der Waals surface area contributed by atoms with E-state index in [-0.39, 0.29) is 0 Å². The Labute approximate surface area is 96.3 Å². The van der Waals surface area contributed by atoms with Crippen LogP contribution < -0.4 is 0 Å². The molecule has 10 nitrogen and oxygen atoms in total. The van der Waals surface area contributed by atoms with E-state index >= 15 is 0 Å². The lowest BCUT2D eigenvalue weighted by molar-refractivity contribution is -0.0307. The molecule has 12 heteroatoms. The quantitative estimate of drug-likeness (QED) is 0.280. The number of aliphatic hydroxyl groups excluding tert-OH is 2. The largest absolute Gasteiger partial charge is 0.469 e. The molecule has 0 aliphatic heterocycles. The van der Waals surface area contributed by atoms with Crippen molar-refractivity contribution >= 4 is 15.6 Å². The number of aliphatic hydroxyl groups is 2. The Kier molecular flexibility index (Phi) is 6.40. The first-order valence-corrected chi connectivity index (χ1v) is 7.21. The van der Waals surface area contributed by atoms with E-state index < -0.39 is 47.5 Å². The molecule has 6 N–H and O–H groups in total. The van der Waals surface area contributed by atoms with Crippen molar-refractivity contribution in [2.24, 2.45) is 5.41 Å². The van der Waals surface area contributed by atoms with Crippen molar-refractivity contribution in [1.29, 1.82) is 0 Å². The summed E-state index contributed by atoms with van der Waals surface area (Å²) in [7, 11) is -9.65. The summed E-state index contributed by atoms with van der Waals surface area (Å²) >= 11 is 0. The molecule has 0 aliphatic carbocycles. The maximum Gasteiger partial charge on any atom is 0.469 e. The highest BCUT2D eigenvalue weighted by atomic mass is 31.2. The molecule has 0 unspecified atom stereocenters. The summed E-state index contributed by atoms with van der Waals surface area (Å²) in [5, 5.41) is 17.9. The monoisotopic (exact) mass is 296 g/mol. The molecule has 0 atom stereocenters. The van der Waals surface area contributed by atoms with E-state index in [4.69, 9.17) is 29.8 Å². The van der Waals surface area contributed by atoms with Gasteiger partial charge in [-0.2, -0.15) is 0 Å². The fourth-order valence-electron chi connectivity index (χ4n) is 0.716. The van der Waals surface area contributed by atoms with Crippen molar-refractivity contribution in [3.05, 3.63) is 0 Å². The summed E-state index contributed by atoms with van der Waals surface area (Å²) in [6, 6.07) is 0. The molecule has 0 aromatic heterocycles. The van der Waals surface area contributed by atoms with Gasteiger partial charge in [0.05, 0.1) is 31.8 Å². The van der Waals surface area contributed by atoms with Gasteiger partial charge in [-0.05, 0) is 0 Å². The Balaban J connectivity index is 4.56. The van der Waals surface area contributed by atoms with Crippen LogP contribution in [0.5, 0.6) is 0 Å². The van der Waals surface area contributed by atoms with Crippen LogP contribution in [0.2, 0.25) is 0 Å². The van der Waals surface area contributed by atoms with Crippen LogP contribution in [0.4, 0.5) is 0 Å². The van der Waals surface area contributed by atoms with Crippen LogP contribution in [0.15, 0.2) is 0 Å². The lowest BCUT2D eigenvalue weighted by atomic mass is 9.93. The van der Waals surface area contributed by atoms with Gasteiger partial charge in [-0.15, -0.1) is 0 Å². The molecular formula is C5H14O10P2. The molecule has 0 heterocycles. The first kappa shape index (κ1) is 17.1. The summed E-state index contributed by atoms with van der Waals surface area (Å²) in [5.74, 6) is 0. The van der Waals surface area contributed by atoms with E-state index in [1.54, 1.807) is 0 Å². The van der Waals surface area contributed by atoms with Gasteiger partial charge in [-0.25, -0.2) is 9.13 Å². The summed E-state index contributed by atoms with van der Waals surface area (Å²) in [6.07, 6.45) is 0. The Morgan fingerprint density at radius 3 is 1.29 bits per heavy atom. The molecule has 0 fully saturated rings. The second kappa shape index (κ2) is 6.35. The fraction of sp³-hybridized carbons (Fsp3) is 1.00. The minimum absolute atomic E-state index is 0.829. The van der Waals surface area contributed by atoms with Crippen molar-refractivity contribution in [1.82, 2.24) is 0 Å². The Morgan fingerprint density at radius 1 is 0.824 bits per heavy atom. The molecule has 0 amide bonds. The molecule has 0 radical (unpaired) electrons. The van der Waals surface area contributed by atoms with Gasteiger partial charge in [0, 0.05) is 0 Å². The van der Waals surface area contributed by atoms with Crippen molar-refractivity contribution in [2.45, 2.75) is 0 Å². The van der Waals surface area contributed by atoms with Crippen LogP contribution in [0.25, 0.3) is 0 Å². The lowest BCUT2D eigenvalue weighted by Gasteiger charge is -2.28. The van der Waals surface area contributed by atoms with Gasteiger partial charge in [0.25, 0.3) is 0 Å². The van der Waals surface area contributed by atoms with Gasteiger partial charge in [-0.1, -0.05) is 0 Å². The molecule has 17 heavy (non-hydrogen) atoms. The SMILES string of the molecule is O=P(O)(O)OCC(CO)(CO)COP(=O)(O)O. The van der Waals surface area contributed by atoms with E-state index in [2.05, 4.69) is 9.05 Å². The topological polar surface area (TPSA) is 174 Å². The Hall–Kier alpha value is 0.140. The number of phosphoric acid groups is 2. The summed E-state index contributed by atoms with van der Waals surface area (Å²) in [5.41, 5.74) is -1.72. The lowest BCUT2D eigenvalue weighted by Crippen LogP contribution is -2.39. The van der Waals surface area contributed by atoms with Gasteiger partial charge in [0.15, 0.2) is 0 Å². The minimum Gasteiger partial charge on any atom is -0.396 e. The highest BCUT2D eigenvalue weighted by Gasteiger charge is 2.35. The highest BCUT2D eigenvalue weighted by molar-refractivity contribution is 7.46. The van der Waals surface area contributed by atoms with E-state index in [0.717, 1.165) is 0 Å². The zero-order chi connectivity index (χ0) is 13.7. The van der Waals surface area contributed by atoms with E-state index in [1.165, 1.54) is 0 Å². The minimum atomic E-state index is -4.82. The second-order valence-electron chi connectivity index (χ2n) is 3.34. The molecule has 0 spiro atoms. The molecule has 104 valence electrons.